The van der Waals surface area contributed by atoms with Crippen LogP contribution in [0.25, 0.3) is 0 Å². The number of hydrogen-bond donors (Lipinski definition) is 4. The summed E-state index contributed by atoms with van der Waals surface area (Å²) in [4.78, 5) is 53.8. The SMILES string of the molecule is C=C/C=C(/C(=O)N[C@H](C(=O)Nc1ccc(CC(NC(=O)CC)C(=O)N2CCNCC2)cc1)C1CCCCC1)C(C)C.CC. The summed E-state index contributed by atoms with van der Waals surface area (Å²) < 4.78 is 0. The highest BCUT2D eigenvalue weighted by molar-refractivity contribution is 6.01. The minimum Gasteiger partial charge on any atom is -0.344 e. The van der Waals surface area contributed by atoms with Crippen LogP contribution in [0.1, 0.15) is 78.7 Å². The van der Waals surface area contributed by atoms with Gasteiger partial charge in [0.1, 0.15) is 12.1 Å². The summed E-state index contributed by atoms with van der Waals surface area (Å²) in [5, 5.41) is 12.1. The van der Waals surface area contributed by atoms with Gasteiger partial charge in [0.05, 0.1) is 0 Å². The quantitative estimate of drug-likeness (QED) is 0.212. The first kappa shape index (κ1) is 35.7. The van der Waals surface area contributed by atoms with E-state index < -0.39 is 12.1 Å². The predicted octanol–water partition coefficient (Wildman–Crippen LogP) is 4.35. The maximum Gasteiger partial charge on any atom is 0.248 e. The zero-order chi connectivity index (χ0) is 31.8. The number of nitrogens with zero attached hydrogens (tertiary/aromatic N) is 1. The van der Waals surface area contributed by atoms with Crippen LogP contribution in [0.5, 0.6) is 0 Å². The highest BCUT2D eigenvalue weighted by atomic mass is 16.2. The van der Waals surface area contributed by atoms with Crippen molar-refractivity contribution in [1.82, 2.24) is 20.9 Å². The summed E-state index contributed by atoms with van der Waals surface area (Å²) in [5.74, 6) is -0.648. The summed E-state index contributed by atoms with van der Waals surface area (Å²) in [6.45, 7) is 16.1. The summed E-state index contributed by atoms with van der Waals surface area (Å²) in [6.07, 6.45) is 8.98. The lowest BCUT2D eigenvalue weighted by Gasteiger charge is -2.31. The van der Waals surface area contributed by atoms with Crippen molar-refractivity contribution in [3.63, 3.8) is 0 Å². The van der Waals surface area contributed by atoms with E-state index in [0.29, 0.717) is 37.2 Å². The van der Waals surface area contributed by atoms with Crippen molar-refractivity contribution in [3.8, 4) is 0 Å². The number of piperazine rings is 1. The fraction of sp³-hybridized carbons (Fsp3) is 0.588. The molecular formula is C34H53N5O4. The molecule has 2 aliphatic rings. The molecule has 4 amide bonds. The van der Waals surface area contributed by atoms with Crippen molar-refractivity contribution in [2.45, 2.75) is 91.6 Å². The van der Waals surface area contributed by atoms with Gasteiger partial charge in [-0.2, -0.15) is 0 Å². The summed E-state index contributed by atoms with van der Waals surface area (Å²) >= 11 is 0. The van der Waals surface area contributed by atoms with Crippen LogP contribution < -0.4 is 21.3 Å². The summed E-state index contributed by atoms with van der Waals surface area (Å²) in [7, 11) is 0. The van der Waals surface area contributed by atoms with Crippen LogP contribution >= 0.6 is 0 Å². The third kappa shape index (κ3) is 11.3. The Labute approximate surface area is 258 Å². The van der Waals surface area contributed by atoms with E-state index in [4.69, 9.17) is 0 Å². The average Bonchev–Trinajstić information content (AvgIpc) is 3.04. The second-order valence-electron chi connectivity index (χ2n) is 11.3. The second kappa shape index (κ2) is 18.9. The van der Waals surface area contributed by atoms with Crippen molar-refractivity contribution in [2.24, 2.45) is 11.8 Å². The number of hydrogen-bond acceptors (Lipinski definition) is 5. The molecule has 1 saturated heterocycles. The molecular weight excluding hydrogens is 542 g/mol. The Morgan fingerprint density at radius 1 is 1.00 bits per heavy atom. The smallest absolute Gasteiger partial charge is 0.248 e. The van der Waals surface area contributed by atoms with E-state index in [1.165, 1.54) is 0 Å². The summed E-state index contributed by atoms with van der Waals surface area (Å²) in [6, 6.07) is 6.05. The minimum atomic E-state index is -0.648. The van der Waals surface area contributed by atoms with Crippen molar-refractivity contribution in [2.75, 3.05) is 31.5 Å². The molecule has 1 unspecified atom stereocenters. The van der Waals surface area contributed by atoms with Gasteiger partial charge >= 0.3 is 0 Å². The lowest BCUT2D eigenvalue weighted by Crippen LogP contribution is -2.54. The van der Waals surface area contributed by atoms with Gasteiger partial charge in [0.2, 0.25) is 23.6 Å². The van der Waals surface area contributed by atoms with Crippen LogP contribution in [0.2, 0.25) is 0 Å². The van der Waals surface area contributed by atoms with E-state index in [9.17, 15) is 19.2 Å². The minimum absolute atomic E-state index is 0.00000812. The molecule has 1 aliphatic heterocycles. The number of amides is 4. The largest absolute Gasteiger partial charge is 0.344 e. The number of nitrogens with one attached hydrogen (secondary N) is 4. The third-order valence-electron chi connectivity index (χ3n) is 7.92. The Hall–Kier alpha value is -3.46. The van der Waals surface area contributed by atoms with Crippen LogP contribution in [-0.4, -0.2) is 66.8 Å². The van der Waals surface area contributed by atoms with Crippen molar-refractivity contribution >= 4 is 29.3 Å². The fourth-order valence-electron chi connectivity index (χ4n) is 5.53. The number of carbonyl (C=O) groups excluding carboxylic acids is 4. The van der Waals surface area contributed by atoms with Crippen LogP contribution in [0.4, 0.5) is 5.69 Å². The number of anilines is 1. The molecule has 1 aromatic rings. The molecule has 1 heterocycles. The van der Waals surface area contributed by atoms with E-state index in [0.717, 1.165) is 50.8 Å². The molecule has 2 atom stereocenters. The van der Waals surface area contributed by atoms with Gasteiger partial charge in [0.15, 0.2) is 0 Å². The Bertz CT molecular complexity index is 1090. The molecule has 1 saturated carbocycles. The molecule has 1 aliphatic carbocycles. The van der Waals surface area contributed by atoms with E-state index in [1.54, 1.807) is 36.1 Å². The number of benzene rings is 1. The van der Waals surface area contributed by atoms with Gasteiger partial charge in [-0.15, -0.1) is 0 Å². The van der Waals surface area contributed by atoms with Crippen molar-refractivity contribution in [1.29, 1.82) is 0 Å². The molecule has 0 radical (unpaired) electrons. The first-order valence-corrected chi connectivity index (χ1v) is 16.1. The van der Waals surface area contributed by atoms with E-state index in [-0.39, 0.29) is 35.5 Å². The molecule has 4 N–H and O–H groups in total. The molecule has 0 aromatic heterocycles. The van der Waals surface area contributed by atoms with Crippen molar-refractivity contribution in [3.05, 3.63) is 54.1 Å². The van der Waals surface area contributed by atoms with Gasteiger partial charge in [-0.25, -0.2) is 0 Å². The van der Waals surface area contributed by atoms with Gasteiger partial charge in [0.25, 0.3) is 0 Å². The first-order valence-electron chi connectivity index (χ1n) is 16.1. The van der Waals surface area contributed by atoms with Gasteiger partial charge < -0.3 is 26.2 Å². The topological polar surface area (TPSA) is 120 Å². The average molecular weight is 596 g/mol. The van der Waals surface area contributed by atoms with Gasteiger partial charge in [-0.1, -0.05) is 84.7 Å². The molecule has 9 heteroatoms. The molecule has 2 fully saturated rings. The number of carbonyl (C=O) groups is 4. The fourth-order valence-corrected chi connectivity index (χ4v) is 5.53. The maximum absolute atomic E-state index is 13.5. The lowest BCUT2D eigenvalue weighted by atomic mass is 9.83. The third-order valence-corrected chi connectivity index (χ3v) is 7.92. The highest BCUT2D eigenvalue weighted by Gasteiger charge is 2.32. The van der Waals surface area contributed by atoms with Crippen LogP contribution in [0.3, 0.4) is 0 Å². The standard InChI is InChI=1S/C32H47N5O4.C2H6/c1-5-10-26(22(3)4)30(39)36-29(24-11-8-7-9-12-24)31(40)34-25-15-13-23(14-16-25)21-27(35-28(38)6-2)32(41)37-19-17-33-18-20-37;1-2/h5,10,13-16,22,24,27,29,33H,1,6-9,11-12,17-21H2,2-4H3,(H,34,40)(H,35,38)(H,36,39);1-2H3/b26-10+;/t27?,29-;/m0./s1. The van der Waals surface area contributed by atoms with Crippen LogP contribution in [0, 0.1) is 11.8 Å². The molecule has 1 aromatic carbocycles. The van der Waals surface area contributed by atoms with E-state index in [1.807, 2.05) is 39.8 Å². The molecule has 238 valence electrons. The van der Waals surface area contributed by atoms with Gasteiger partial charge in [-0.3, -0.25) is 19.2 Å². The molecule has 9 nitrogen and oxygen atoms in total. The van der Waals surface area contributed by atoms with E-state index in [2.05, 4.69) is 27.8 Å². The normalized spacial score (nSPS) is 17.2. The summed E-state index contributed by atoms with van der Waals surface area (Å²) in [5.41, 5.74) is 2.08. The monoisotopic (exact) mass is 595 g/mol. The molecule has 0 bridgehead atoms. The zero-order valence-corrected chi connectivity index (χ0v) is 26.8. The number of allylic oxidation sites excluding steroid dienone is 2. The molecule has 43 heavy (non-hydrogen) atoms. The van der Waals surface area contributed by atoms with Crippen LogP contribution in [0.15, 0.2) is 48.6 Å². The van der Waals surface area contributed by atoms with Crippen molar-refractivity contribution < 1.29 is 19.2 Å². The van der Waals surface area contributed by atoms with E-state index >= 15 is 0 Å². The molecule has 0 spiro atoms. The second-order valence-corrected chi connectivity index (χ2v) is 11.3. The highest BCUT2D eigenvalue weighted by Crippen LogP contribution is 2.28. The lowest BCUT2D eigenvalue weighted by molar-refractivity contribution is -0.136. The first-order chi connectivity index (χ1) is 20.7. The maximum atomic E-state index is 13.5. The van der Waals surface area contributed by atoms with Gasteiger partial charge in [-0.05, 0) is 42.4 Å². The Morgan fingerprint density at radius 2 is 1.63 bits per heavy atom. The predicted molar refractivity (Wildman–Crippen MR) is 173 cm³/mol. The Kier molecular flexibility index (Phi) is 15.7. The number of rotatable bonds is 12. The Morgan fingerprint density at radius 3 is 2.19 bits per heavy atom. The van der Waals surface area contributed by atoms with Crippen LogP contribution in [-0.2, 0) is 25.6 Å². The zero-order valence-electron chi connectivity index (χ0n) is 26.8. The van der Waals surface area contributed by atoms with Gasteiger partial charge in [0, 0.05) is 50.3 Å². The Balaban J connectivity index is 0.00000316. The molecule has 3 rings (SSSR count).